The number of halogens is 1. The average molecular weight is 304 g/mol. The molecule has 0 aliphatic carbocycles. The molecule has 1 aromatic carbocycles. The molecule has 0 spiro atoms. The number of unbranched alkanes of at least 4 members (excludes halogenated alkanes) is 3. The fraction of sp³-hybridized carbons (Fsp3) is 0.471. The minimum Gasteiger partial charge on any atom is -0.370 e. The Morgan fingerprint density at radius 1 is 1.32 bits per heavy atom. The van der Waals surface area contributed by atoms with Crippen molar-refractivity contribution in [3.63, 3.8) is 0 Å². The Bertz CT molecular complexity index is 618. The lowest BCUT2D eigenvalue weighted by atomic mass is 10.1. The van der Waals surface area contributed by atoms with E-state index < -0.39 is 0 Å². The summed E-state index contributed by atoms with van der Waals surface area (Å²) in [5.41, 5.74) is 7.82. The molecule has 22 heavy (non-hydrogen) atoms. The van der Waals surface area contributed by atoms with Crippen LogP contribution < -0.4 is 11.1 Å². The Balaban J connectivity index is 1.76. The first-order chi connectivity index (χ1) is 10.7. The molecule has 0 atom stereocenters. The molecule has 1 heterocycles. The molecular weight excluding hydrogens is 279 g/mol. The summed E-state index contributed by atoms with van der Waals surface area (Å²) in [5, 5.41) is 4.18. The van der Waals surface area contributed by atoms with Gasteiger partial charge in [-0.2, -0.15) is 0 Å². The van der Waals surface area contributed by atoms with Gasteiger partial charge < -0.3 is 16.0 Å². The van der Waals surface area contributed by atoms with Gasteiger partial charge in [0.2, 0.25) is 0 Å². The van der Waals surface area contributed by atoms with Crippen molar-refractivity contribution in [2.45, 2.75) is 39.0 Å². The maximum atomic E-state index is 13.1. The van der Waals surface area contributed by atoms with Gasteiger partial charge in [-0.15, -0.1) is 0 Å². The first-order valence-electron chi connectivity index (χ1n) is 8.00. The van der Waals surface area contributed by atoms with Gasteiger partial charge in [0.25, 0.3) is 0 Å². The Kier molecular flexibility index (Phi) is 6.25. The molecule has 0 saturated carbocycles. The van der Waals surface area contributed by atoms with Crippen LogP contribution in [0.25, 0.3) is 10.9 Å². The number of aromatic amines is 1. The predicted octanol–water partition coefficient (Wildman–Crippen LogP) is 3.33. The highest BCUT2D eigenvalue weighted by molar-refractivity contribution is 5.83. The standard InChI is InChI=1S/C17H25FN4/c1-2-3-4-5-9-20-17(19)21-10-8-13-12-22-16-11-14(18)6-7-15(13)16/h6-7,11-12,22H,2-5,8-10H2,1H3,(H3,19,20,21). The van der Waals surface area contributed by atoms with Gasteiger partial charge in [-0.05, 0) is 36.6 Å². The van der Waals surface area contributed by atoms with Gasteiger partial charge in [-0.25, -0.2) is 4.39 Å². The zero-order valence-electron chi connectivity index (χ0n) is 13.2. The van der Waals surface area contributed by atoms with Crippen LogP contribution in [0.1, 0.15) is 38.2 Å². The maximum Gasteiger partial charge on any atom is 0.188 e. The smallest absolute Gasteiger partial charge is 0.188 e. The summed E-state index contributed by atoms with van der Waals surface area (Å²) in [5.74, 6) is 0.279. The lowest BCUT2D eigenvalue weighted by Gasteiger charge is -2.05. The van der Waals surface area contributed by atoms with Crippen molar-refractivity contribution in [3.05, 3.63) is 35.8 Å². The first kappa shape index (κ1) is 16.3. The number of nitrogens with zero attached hydrogens (tertiary/aromatic N) is 1. The van der Waals surface area contributed by atoms with Crippen molar-refractivity contribution in [2.75, 3.05) is 13.1 Å². The number of aliphatic imine (C=N–C) groups is 1. The van der Waals surface area contributed by atoms with Crippen LogP contribution >= 0.6 is 0 Å². The number of nitrogens with two attached hydrogens (primary N) is 1. The second-order valence-electron chi connectivity index (χ2n) is 5.51. The monoisotopic (exact) mass is 304 g/mol. The molecule has 0 radical (unpaired) electrons. The molecule has 0 unspecified atom stereocenters. The summed E-state index contributed by atoms with van der Waals surface area (Å²) in [4.78, 5) is 7.41. The number of hydrogen-bond donors (Lipinski definition) is 3. The van der Waals surface area contributed by atoms with E-state index in [4.69, 9.17) is 5.73 Å². The lowest BCUT2D eigenvalue weighted by Crippen LogP contribution is -2.33. The summed E-state index contributed by atoms with van der Waals surface area (Å²) in [6.45, 7) is 3.69. The van der Waals surface area contributed by atoms with E-state index in [0.29, 0.717) is 12.5 Å². The Morgan fingerprint density at radius 2 is 2.18 bits per heavy atom. The van der Waals surface area contributed by atoms with E-state index in [1.165, 1.54) is 31.4 Å². The van der Waals surface area contributed by atoms with Crippen molar-refractivity contribution >= 4 is 16.9 Å². The second kappa shape index (κ2) is 8.41. The molecule has 1 aromatic heterocycles. The van der Waals surface area contributed by atoms with E-state index in [1.807, 2.05) is 12.3 Å². The topological polar surface area (TPSA) is 66.2 Å². The Labute approximate surface area is 131 Å². The van der Waals surface area contributed by atoms with Gasteiger partial charge in [0.15, 0.2) is 5.96 Å². The first-order valence-corrected chi connectivity index (χ1v) is 8.00. The van der Waals surface area contributed by atoms with Crippen LogP contribution in [0.4, 0.5) is 4.39 Å². The fourth-order valence-corrected chi connectivity index (χ4v) is 2.48. The van der Waals surface area contributed by atoms with Crippen molar-refractivity contribution in [1.29, 1.82) is 0 Å². The summed E-state index contributed by atoms with van der Waals surface area (Å²) in [6, 6.07) is 4.80. The van der Waals surface area contributed by atoms with Crippen LogP contribution in [0.5, 0.6) is 0 Å². The summed E-state index contributed by atoms with van der Waals surface area (Å²) in [7, 11) is 0. The van der Waals surface area contributed by atoms with Crippen molar-refractivity contribution < 1.29 is 4.39 Å². The SMILES string of the molecule is CCCCCCN=C(N)NCCc1c[nH]c2cc(F)ccc12. The van der Waals surface area contributed by atoms with Crippen molar-refractivity contribution in [2.24, 2.45) is 10.7 Å². The zero-order valence-corrected chi connectivity index (χ0v) is 13.2. The second-order valence-corrected chi connectivity index (χ2v) is 5.51. The number of rotatable bonds is 8. The number of guanidine groups is 1. The third-order valence-electron chi connectivity index (χ3n) is 3.72. The molecule has 0 fully saturated rings. The predicted molar refractivity (Wildman–Crippen MR) is 90.6 cm³/mol. The molecule has 2 aromatic rings. The molecule has 2 rings (SSSR count). The number of benzene rings is 1. The molecule has 0 bridgehead atoms. The lowest BCUT2D eigenvalue weighted by molar-refractivity contribution is 0.629. The third kappa shape index (κ3) is 4.76. The van der Waals surface area contributed by atoms with E-state index in [2.05, 4.69) is 22.2 Å². The maximum absolute atomic E-state index is 13.1. The molecular formula is C17H25FN4. The van der Waals surface area contributed by atoms with Gasteiger partial charge >= 0.3 is 0 Å². The highest BCUT2D eigenvalue weighted by Gasteiger charge is 2.04. The zero-order chi connectivity index (χ0) is 15.8. The minimum atomic E-state index is -0.224. The number of nitrogens with one attached hydrogen (secondary N) is 2. The molecule has 0 aliphatic heterocycles. The van der Waals surface area contributed by atoms with E-state index in [-0.39, 0.29) is 5.82 Å². The molecule has 4 N–H and O–H groups in total. The molecule has 4 nitrogen and oxygen atoms in total. The van der Waals surface area contributed by atoms with Crippen LogP contribution in [-0.2, 0) is 6.42 Å². The van der Waals surface area contributed by atoms with Crippen LogP contribution in [0, 0.1) is 5.82 Å². The minimum absolute atomic E-state index is 0.224. The van der Waals surface area contributed by atoms with Crippen LogP contribution in [0.3, 0.4) is 0 Å². The number of aromatic nitrogens is 1. The molecule has 0 aliphatic rings. The molecule has 5 heteroatoms. The van der Waals surface area contributed by atoms with Crippen LogP contribution in [0.2, 0.25) is 0 Å². The molecule has 120 valence electrons. The van der Waals surface area contributed by atoms with E-state index >= 15 is 0 Å². The van der Waals surface area contributed by atoms with Crippen molar-refractivity contribution in [1.82, 2.24) is 10.3 Å². The van der Waals surface area contributed by atoms with Gasteiger partial charge in [-0.1, -0.05) is 26.2 Å². The number of H-pyrrole nitrogens is 1. The van der Waals surface area contributed by atoms with E-state index in [9.17, 15) is 4.39 Å². The number of fused-ring (bicyclic) bond motifs is 1. The van der Waals surface area contributed by atoms with Crippen LogP contribution in [-0.4, -0.2) is 24.0 Å². The van der Waals surface area contributed by atoms with Gasteiger partial charge in [-0.3, -0.25) is 4.99 Å². The Hall–Kier alpha value is -2.04. The quantitative estimate of drug-likeness (QED) is 0.398. The van der Waals surface area contributed by atoms with E-state index in [0.717, 1.165) is 35.9 Å². The van der Waals surface area contributed by atoms with Gasteiger partial charge in [0, 0.05) is 30.2 Å². The summed E-state index contributed by atoms with van der Waals surface area (Å²) >= 11 is 0. The highest BCUT2D eigenvalue weighted by Crippen LogP contribution is 2.19. The van der Waals surface area contributed by atoms with Crippen molar-refractivity contribution in [3.8, 4) is 0 Å². The molecule has 0 saturated heterocycles. The fourth-order valence-electron chi connectivity index (χ4n) is 2.48. The largest absolute Gasteiger partial charge is 0.370 e. The Morgan fingerprint density at radius 3 is 3.00 bits per heavy atom. The average Bonchev–Trinajstić information content (AvgIpc) is 2.89. The van der Waals surface area contributed by atoms with Gasteiger partial charge in [0.1, 0.15) is 5.82 Å². The van der Waals surface area contributed by atoms with Crippen LogP contribution in [0.15, 0.2) is 29.4 Å². The summed E-state index contributed by atoms with van der Waals surface area (Å²) < 4.78 is 13.1. The third-order valence-corrected chi connectivity index (χ3v) is 3.72. The highest BCUT2D eigenvalue weighted by atomic mass is 19.1. The number of hydrogen-bond acceptors (Lipinski definition) is 1. The van der Waals surface area contributed by atoms with Gasteiger partial charge in [0.05, 0.1) is 0 Å². The normalized spacial score (nSPS) is 12.0. The van der Waals surface area contributed by atoms with E-state index in [1.54, 1.807) is 0 Å². The molecule has 0 amide bonds. The summed E-state index contributed by atoms with van der Waals surface area (Å²) in [6.07, 6.45) is 7.51.